The molecule has 1 aromatic carbocycles. The summed E-state index contributed by atoms with van der Waals surface area (Å²) in [5.74, 6) is 0.720. The second-order valence-electron chi connectivity index (χ2n) is 4.43. The minimum atomic E-state index is -0.0664. The minimum Gasteiger partial charge on any atom is -0.338 e. The predicted molar refractivity (Wildman–Crippen MR) is 64.1 cm³/mol. The molecule has 0 saturated heterocycles. The SMILES string of the molecule is CC(NC(=O)NCC1CC1)c1ccccc1. The Hall–Kier alpha value is -1.51. The fourth-order valence-electron chi connectivity index (χ4n) is 1.63. The van der Waals surface area contributed by atoms with Crippen molar-refractivity contribution in [2.75, 3.05) is 6.54 Å². The molecule has 3 nitrogen and oxygen atoms in total. The van der Waals surface area contributed by atoms with Crippen LogP contribution in [0.15, 0.2) is 30.3 Å². The molecule has 0 spiro atoms. The highest BCUT2D eigenvalue weighted by atomic mass is 16.2. The lowest BCUT2D eigenvalue weighted by molar-refractivity contribution is 0.237. The Labute approximate surface area is 96.2 Å². The van der Waals surface area contributed by atoms with E-state index in [1.165, 1.54) is 12.8 Å². The third kappa shape index (κ3) is 3.26. The van der Waals surface area contributed by atoms with Gasteiger partial charge < -0.3 is 10.6 Å². The van der Waals surface area contributed by atoms with Gasteiger partial charge in [0.25, 0.3) is 0 Å². The fraction of sp³-hybridized carbons (Fsp3) is 0.462. The van der Waals surface area contributed by atoms with Crippen molar-refractivity contribution >= 4 is 6.03 Å². The van der Waals surface area contributed by atoms with Gasteiger partial charge in [-0.25, -0.2) is 4.79 Å². The number of benzene rings is 1. The van der Waals surface area contributed by atoms with Crippen LogP contribution in [-0.4, -0.2) is 12.6 Å². The Bertz CT molecular complexity index is 346. The molecule has 0 aromatic heterocycles. The zero-order valence-corrected chi connectivity index (χ0v) is 9.57. The molecule has 1 fully saturated rings. The highest BCUT2D eigenvalue weighted by Gasteiger charge is 2.21. The lowest BCUT2D eigenvalue weighted by Gasteiger charge is -2.14. The zero-order chi connectivity index (χ0) is 11.4. The first-order chi connectivity index (χ1) is 7.75. The van der Waals surface area contributed by atoms with Crippen molar-refractivity contribution in [2.24, 2.45) is 5.92 Å². The first-order valence-corrected chi connectivity index (χ1v) is 5.85. The summed E-state index contributed by atoms with van der Waals surface area (Å²) in [6.07, 6.45) is 2.52. The smallest absolute Gasteiger partial charge is 0.315 e. The molecule has 16 heavy (non-hydrogen) atoms. The second kappa shape index (κ2) is 5.01. The lowest BCUT2D eigenvalue weighted by Crippen LogP contribution is -2.38. The number of amides is 2. The van der Waals surface area contributed by atoms with E-state index >= 15 is 0 Å². The molecular weight excluding hydrogens is 200 g/mol. The Morgan fingerprint density at radius 2 is 2.06 bits per heavy atom. The summed E-state index contributed by atoms with van der Waals surface area (Å²) < 4.78 is 0. The van der Waals surface area contributed by atoms with Crippen LogP contribution in [0.1, 0.15) is 31.4 Å². The molecule has 86 valence electrons. The monoisotopic (exact) mass is 218 g/mol. The van der Waals surface area contributed by atoms with Gasteiger partial charge in [0.15, 0.2) is 0 Å². The van der Waals surface area contributed by atoms with Crippen LogP contribution >= 0.6 is 0 Å². The van der Waals surface area contributed by atoms with Crippen LogP contribution in [0.5, 0.6) is 0 Å². The first-order valence-electron chi connectivity index (χ1n) is 5.85. The van der Waals surface area contributed by atoms with E-state index in [9.17, 15) is 4.79 Å². The van der Waals surface area contributed by atoms with Crippen LogP contribution in [0.4, 0.5) is 4.79 Å². The van der Waals surface area contributed by atoms with Gasteiger partial charge in [0.1, 0.15) is 0 Å². The van der Waals surface area contributed by atoms with Crippen molar-refractivity contribution in [3.05, 3.63) is 35.9 Å². The minimum absolute atomic E-state index is 0.0559. The topological polar surface area (TPSA) is 41.1 Å². The van der Waals surface area contributed by atoms with E-state index in [0.29, 0.717) is 0 Å². The molecule has 1 aliphatic rings. The second-order valence-corrected chi connectivity index (χ2v) is 4.43. The normalized spacial score (nSPS) is 16.6. The molecule has 2 amide bonds. The van der Waals surface area contributed by atoms with Gasteiger partial charge in [-0.2, -0.15) is 0 Å². The molecule has 0 aliphatic heterocycles. The van der Waals surface area contributed by atoms with Gasteiger partial charge in [0.2, 0.25) is 0 Å². The van der Waals surface area contributed by atoms with E-state index in [4.69, 9.17) is 0 Å². The summed E-state index contributed by atoms with van der Waals surface area (Å²) in [5.41, 5.74) is 1.13. The first kappa shape index (κ1) is 11.0. The van der Waals surface area contributed by atoms with E-state index in [1.807, 2.05) is 37.3 Å². The van der Waals surface area contributed by atoms with Crippen LogP contribution in [0.25, 0.3) is 0 Å². The van der Waals surface area contributed by atoms with Crippen LogP contribution in [0, 0.1) is 5.92 Å². The molecule has 3 heteroatoms. The van der Waals surface area contributed by atoms with Crippen LogP contribution in [-0.2, 0) is 0 Å². The zero-order valence-electron chi connectivity index (χ0n) is 9.57. The molecule has 1 atom stereocenters. The summed E-state index contributed by atoms with van der Waals surface area (Å²) in [7, 11) is 0. The number of urea groups is 1. The van der Waals surface area contributed by atoms with Crippen molar-refractivity contribution in [1.29, 1.82) is 0 Å². The van der Waals surface area contributed by atoms with Gasteiger partial charge in [-0.1, -0.05) is 30.3 Å². The van der Waals surface area contributed by atoms with Crippen LogP contribution < -0.4 is 10.6 Å². The summed E-state index contributed by atoms with van der Waals surface area (Å²) in [6, 6.07) is 9.97. The largest absolute Gasteiger partial charge is 0.338 e. The van der Waals surface area contributed by atoms with Crippen molar-refractivity contribution in [3.8, 4) is 0 Å². The van der Waals surface area contributed by atoms with E-state index < -0.39 is 0 Å². The molecule has 1 unspecified atom stereocenters. The molecule has 1 aromatic rings. The van der Waals surface area contributed by atoms with Gasteiger partial charge in [-0.15, -0.1) is 0 Å². The summed E-state index contributed by atoms with van der Waals surface area (Å²) >= 11 is 0. The number of hydrogen-bond acceptors (Lipinski definition) is 1. The van der Waals surface area contributed by atoms with Gasteiger partial charge in [-0.05, 0) is 31.2 Å². The Morgan fingerprint density at radius 3 is 2.69 bits per heavy atom. The maximum absolute atomic E-state index is 11.5. The highest BCUT2D eigenvalue weighted by molar-refractivity contribution is 5.74. The van der Waals surface area contributed by atoms with E-state index in [1.54, 1.807) is 0 Å². The average molecular weight is 218 g/mol. The third-order valence-electron chi connectivity index (χ3n) is 2.90. The van der Waals surface area contributed by atoms with Crippen molar-refractivity contribution in [1.82, 2.24) is 10.6 Å². The van der Waals surface area contributed by atoms with Gasteiger partial charge in [0, 0.05) is 6.54 Å². The van der Waals surface area contributed by atoms with E-state index in [-0.39, 0.29) is 12.1 Å². The molecule has 1 aliphatic carbocycles. The Balaban J connectivity index is 1.77. The number of rotatable bonds is 4. The standard InChI is InChI=1S/C13H18N2O/c1-10(12-5-3-2-4-6-12)15-13(16)14-9-11-7-8-11/h2-6,10-11H,7-9H2,1H3,(H2,14,15,16). The van der Waals surface area contributed by atoms with Crippen molar-refractivity contribution < 1.29 is 4.79 Å². The molecular formula is C13H18N2O. The summed E-state index contributed by atoms with van der Waals surface area (Å²) in [5, 5.41) is 5.82. The number of carbonyl (C=O) groups excluding carboxylic acids is 1. The molecule has 0 radical (unpaired) electrons. The average Bonchev–Trinajstić information content (AvgIpc) is 3.11. The molecule has 2 N–H and O–H groups in total. The quantitative estimate of drug-likeness (QED) is 0.800. The van der Waals surface area contributed by atoms with Gasteiger partial charge in [0.05, 0.1) is 6.04 Å². The van der Waals surface area contributed by atoms with Gasteiger partial charge in [-0.3, -0.25) is 0 Å². The molecule has 0 bridgehead atoms. The summed E-state index contributed by atoms with van der Waals surface area (Å²) in [6.45, 7) is 2.80. The van der Waals surface area contributed by atoms with Crippen molar-refractivity contribution in [3.63, 3.8) is 0 Å². The number of nitrogens with one attached hydrogen (secondary N) is 2. The Morgan fingerprint density at radius 1 is 1.38 bits per heavy atom. The van der Waals surface area contributed by atoms with E-state index in [2.05, 4.69) is 10.6 Å². The fourth-order valence-corrected chi connectivity index (χ4v) is 1.63. The van der Waals surface area contributed by atoms with E-state index in [0.717, 1.165) is 18.0 Å². The lowest BCUT2D eigenvalue weighted by atomic mass is 10.1. The van der Waals surface area contributed by atoms with Crippen LogP contribution in [0.2, 0.25) is 0 Å². The maximum atomic E-state index is 11.5. The predicted octanol–water partition coefficient (Wildman–Crippen LogP) is 2.46. The van der Waals surface area contributed by atoms with Gasteiger partial charge >= 0.3 is 6.03 Å². The number of carbonyl (C=O) groups is 1. The molecule has 1 saturated carbocycles. The number of hydrogen-bond donors (Lipinski definition) is 2. The third-order valence-corrected chi connectivity index (χ3v) is 2.90. The Kier molecular flexibility index (Phi) is 3.44. The van der Waals surface area contributed by atoms with Crippen LogP contribution in [0.3, 0.4) is 0 Å². The maximum Gasteiger partial charge on any atom is 0.315 e. The molecule has 2 rings (SSSR count). The summed E-state index contributed by atoms with van der Waals surface area (Å²) in [4.78, 5) is 11.5. The van der Waals surface area contributed by atoms with Crippen molar-refractivity contribution in [2.45, 2.75) is 25.8 Å². The molecule has 0 heterocycles. The highest BCUT2D eigenvalue weighted by Crippen LogP contribution is 2.27.